The Morgan fingerprint density at radius 3 is 2.40 bits per heavy atom. The Hall–Kier alpha value is -3.78. The van der Waals surface area contributed by atoms with Gasteiger partial charge in [-0.3, -0.25) is 14.4 Å². The fourth-order valence-corrected chi connectivity index (χ4v) is 5.19. The molecule has 0 saturated carbocycles. The number of thioether (sulfide) groups is 1. The number of hydrogen-bond donors (Lipinski definition) is 1. The highest BCUT2D eigenvalue weighted by Crippen LogP contribution is 2.46. The Kier molecular flexibility index (Phi) is 7.41. The maximum atomic E-state index is 13.4. The summed E-state index contributed by atoms with van der Waals surface area (Å²) in [5.74, 6) is 0.706. The number of nitrogens with one attached hydrogen (secondary N) is 1. The molecule has 1 atom stereocenters. The Labute approximate surface area is 208 Å². The number of ether oxygens (including phenoxy) is 2. The summed E-state index contributed by atoms with van der Waals surface area (Å²) in [4.78, 5) is 40.2. The SMILES string of the molecule is COc1ccc([C@@H]2CC(=O)N(CC(=O)Nc3ccc(C(C)=O)cc3)c3ccccc3S2)cc1OC. The van der Waals surface area contributed by atoms with E-state index in [0.717, 1.165) is 10.5 Å². The van der Waals surface area contributed by atoms with Crippen molar-refractivity contribution in [2.45, 2.75) is 23.5 Å². The minimum atomic E-state index is -0.321. The molecule has 0 unspecified atom stereocenters. The molecule has 2 amide bonds. The van der Waals surface area contributed by atoms with Crippen LogP contribution in [0.25, 0.3) is 0 Å². The van der Waals surface area contributed by atoms with Crippen LogP contribution in [0.2, 0.25) is 0 Å². The molecule has 1 aliphatic heterocycles. The van der Waals surface area contributed by atoms with Crippen LogP contribution in [0.4, 0.5) is 11.4 Å². The van der Waals surface area contributed by atoms with Crippen molar-refractivity contribution in [1.82, 2.24) is 0 Å². The van der Waals surface area contributed by atoms with Crippen LogP contribution in [0.15, 0.2) is 71.6 Å². The number of benzene rings is 3. The van der Waals surface area contributed by atoms with Crippen molar-refractivity contribution in [3.8, 4) is 11.5 Å². The standard InChI is InChI=1S/C27H26N2O5S/c1-17(30)18-8-11-20(12-9-18)28-26(31)16-29-21-6-4-5-7-24(21)35-25(15-27(29)32)19-10-13-22(33-2)23(14-19)34-3/h4-14,25H,15-16H2,1-3H3,(H,28,31)/t25-/m0/s1. The molecule has 0 saturated heterocycles. The number of Topliss-reactive ketones (excluding diaryl/α,β-unsaturated/α-hetero) is 1. The van der Waals surface area contributed by atoms with Gasteiger partial charge in [0.25, 0.3) is 0 Å². The Morgan fingerprint density at radius 1 is 1.00 bits per heavy atom. The number of rotatable bonds is 7. The zero-order valence-electron chi connectivity index (χ0n) is 19.7. The minimum absolute atomic E-state index is 0.0452. The molecular weight excluding hydrogens is 464 g/mol. The summed E-state index contributed by atoms with van der Waals surface area (Å²) in [7, 11) is 3.16. The van der Waals surface area contributed by atoms with Crippen molar-refractivity contribution in [1.29, 1.82) is 0 Å². The molecule has 1 heterocycles. The molecule has 0 spiro atoms. The monoisotopic (exact) mass is 490 g/mol. The summed E-state index contributed by atoms with van der Waals surface area (Å²) >= 11 is 1.58. The maximum Gasteiger partial charge on any atom is 0.244 e. The van der Waals surface area contributed by atoms with Gasteiger partial charge in [-0.2, -0.15) is 0 Å². The van der Waals surface area contributed by atoms with Crippen molar-refractivity contribution in [2.75, 3.05) is 31.0 Å². The molecule has 4 rings (SSSR count). The molecule has 3 aromatic carbocycles. The van der Waals surface area contributed by atoms with Gasteiger partial charge in [0.2, 0.25) is 11.8 Å². The number of amides is 2. The second-order valence-electron chi connectivity index (χ2n) is 8.05. The molecular formula is C27H26N2O5S. The summed E-state index contributed by atoms with van der Waals surface area (Å²) in [6, 6.07) is 19.9. The van der Waals surface area contributed by atoms with E-state index in [4.69, 9.17) is 9.47 Å². The average Bonchev–Trinajstić information content (AvgIpc) is 3.00. The smallest absolute Gasteiger partial charge is 0.244 e. The summed E-state index contributed by atoms with van der Waals surface area (Å²) in [6.45, 7) is 1.37. The summed E-state index contributed by atoms with van der Waals surface area (Å²) in [6.07, 6.45) is 0.218. The molecule has 8 heteroatoms. The van der Waals surface area contributed by atoms with Crippen molar-refractivity contribution in [3.05, 3.63) is 77.9 Å². The molecule has 0 fully saturated rings. The number of ketones is 1. The van der Waals surface area contributed by atoms with Crippen LogP contribution < -0.4 is 19.7 Å². The van der Waals surface area contributed by atoms with Gasteiger partial charge in [-0.1, -0.05) is 18.2 Å². The summed E-state index contributed by atoms with van der Waals surface area (Å²) in [5.41, 5.74) is 2.77. The van der Waals surface area contributed by atoms with Gasteiger partial charge < -0.3 is 19.7 Å². The van der Waals surface area contributed by atoms with E-state index in [0.29, 0.717) is 28.4 Å². The van der Waals surface area contributed by atoms with Crippen molar-refractivity contribution < 1.29 is 23.9 Å². The first-order valence-corrected chi connectivity index (χ1v) is 12.0. The van der Waals surface area contributed by atoms with E-state index < -0.39 is 0 Å². The highest BCUT2D eigenvalue weighted by atomic mass is 32.2. The topological polar surface area (TPSA) is 84.9 Å². The molecule has 1 N–H and O–H groups in total. The van der Waals surface area contributed by atoms with E-state index >= 15 is 0 Å². The summed E-state index contributed by atoms with van der Waals surface area (Å²) < 4.78 is 10.8. The molecule has 180 valence electrons. The second kappa shape index (κ2) is 10.7. The van der Waals surface area contributed by atoms with E-state index in [9.17, 15) is 14.4 Å². The number of hydrogen-bond acceptors (Lipinski definition) is 6. The third kappa shape index (κ3) is 5.49. The van der Waals surface area contributed by atoms with Gasteiger partial charge >= 0.3 is 0 Å². The lowest BCUT2D eigenvalue weighted by atomic mass is 10.1. The number of anilines is 2. The zero-order valence-corrected chi connectivity index (χ0v) is 20.6. The first kappa shape index (κ1) is 24.3. The lowest BCUT2D eigenvalue weighted by Crippen LogP contribution is -2.38. The molecule has 0 bridgehead atoms. The third-order valence-corrected chi connectivity index (χ3v) is 7.07. The highest BCUT2D eigenvalue weighted by Gasteiger charge is 2.31. The average molecular weight is 491 g/mol. The van der Waals surface area contributed by atoms with Crippen LogP contribution in [-0.4, -0.2) is 38.4 Å². The van der Waals surface area contributed by atoms with Gasteiger partial charge in [0.15, 0.2) is 17.3 Å². The number of methoxy groups -OCH3 is 2. The third-order valence-electron chi connectivity index (χ3n) is 5.74. The normalized spacial score (nSPS) is 15.1. The lowest BCUT2D eigenvalue weighted by Gasteiger charge is -2.22. The van der Waals surface area contributed by atoms with Gasteiger partial charge in [-0.05, 0) is 61.0 Å². The fourth-order valence-electron chi connectivity index (χ4n) is 3.92. The zero-order chi connectivity index (χ0) is 24.9. The highest BCUT2D eigenvalue weighted by molar-refractivity contribution is 7.99. The molecule has 3 aromatic rings. The largest absolute Gasteiger partial charge is 0.493 e. The predicted molar refractivity (Wildman–Crippen MR) is 137 cm³/mol. The van der Waals surface area contributed by atoms with Gasteiger partial charge in [0, 0.05) is 27.8 Å². The van der Waals surface area contributed by atoms with Crippen LogP contribution in [-0.2, 0) is 9.59 Å². The Balaban J connectivity index is 1.56. The van der Waals surface area contributed by atoms with E-state index in [1.807, 2.05) is 42.5 Å². The summed E-state index contributed by atoms with van der Waals surface area (Å²) in [5, 5.41) is 2.66. The first-order valence-electron chi connectivity index (χ1n) is 11.1. The van der Waals surface area contributed by atoms with E-state index in [2.05, 4.69) is 5.32 Å². The molecule has 1 aliphatic rings. The molecule has 7 nitrogen and oxygen atoms in total. The number of nitrogens with zero attached hydrogens (tertiary/aromatic N) is 1. The van der Waals surface area contributed by atoms with Gasteiger partial charge in [-0.25, -0.2) is 0 Å². The fraction of sp³-hybridized carbons (Fsp3) is 0.222. The van der Waals surface area contributed by atoms with Gasteiger partial charge in [0.05, 0.1) is 19.9 Å². The quantitative estimate of drug-likeness (QED) is 0.463. The predicted octanol–water partition coefficient (Wildman–Crippen LogP) is 5.12. The Bertz CT molecular complexity index is 1260. The number of carbonyl (C=O) groups excluding carboxylic acids is 3. The van der Waals surface area contributed by atoms with Crippen LogP contribution in [0.5, 0.6) is 11.5 Å². The van der Waals surface area contributed by atoms with Crippen molar-refractivity contribution in [2.24, 2.45) is 0 Å². The molecule has 0 aromatic heterocycles. The van der Waals surface area contributed by atoms with Crippen molar-refractivity contribution >= 4 is 40.7 Å². The van der Waals surface area contributed by atoms with E-state index in [1.54, 1.807) is 50.2 Å². The van der Waals surface area contributed by atoms with Gasteiger partial charge in [0.1, 0.15) is 6.54 Å². The number of fused-ring (bicyclic) bond motifs is 1. The van der Waals surface area contributed by atoms with E-state index in [1.165, 1.54) is 11.8 Å². The first-order chi connectivity index (χ1) is 16.9. The number of carbonyl (C=O) groups is 3. The van der Waals surface area contributed by atoms with Crippen molar-refractivity contribution in [3.63, 3.8) is 0 Å². The van der Waals surface area contributed by atoms with Crippen LogP contribution in [0, 0.1) is 0 Å². The molecule has 0 aliphatic carbocycles. The lowest BCUT2D eigenvalue weighted by molar-refractivity contribution is -0.121. The minimum Gasteiger partial charge on any atom is -0.493 e. The molecule has 35 heavy (non-hydrogen) atoms. The Morgan fingerprint density at radius 2 is 1.71 bits per heavy atom. The maximum absolute atomic E-state index is 13.4. The van der Waals surface area contributed by atoms with Crippen LogP contribution in [0.3, 0.4) is 0 Å². The van der Waals surface area contributed by atoms with E-state index in [-0.39, 0.29) is 35.8 Å². The van der Waals surface area contributed by atoms with Gasteiger partial charge in [-0.15, -0.1) is 11.8 Å². The van der Waals surface area contributed by atoms with Crippen LogP contribution in [0.1, 0.15) is 34.5 Å². The second-order valence-corrected chi connectivity index (χ2v) is 9.30. The number of para-hydroxylation sites is 1. The van der Waals surface area contributed by atoms with Crippen LogP contribution >= 0.6 is 11.8 Å². The molecule has 0 radical (unpaired) electrons.